The lowest BCUT2D eigenvalue weighted by molar-refractivity contribution is -0.117. The van der Waals surface area contributed by atoms with Crippen molar-refractivity contribution in [2.75, 3.05) is 5.32 Å². The Labute approximate surface area is 93.2 Å². The minimum absolute atomic E-state index is 0.295. The summed E-state index contributed by atoms with van der Waals surface area (Å²) in [6.07, 6.45) is 0.606. The molecule has 0 aromatic carbocycles. The van der Waals surface area contributed by atoms with E-state index in [9.17, 15) is 9.59 Å². The SMILES string of the molecule is CC(C)C[C@H](N)C(=O)Nc1ccc(=O)[nH]n1. The van der Waals surface area contributed by atoms with Crippen LogP contribution >= 0.6 is 0 Å². The number of anilines is 1. The number of hydrogen-bond donors (Lipinski definition) is 3. The molecule has 6 nitrogen and oxygen atoms in total. The molecule has 0 spiro atoms. The number of amides is 1. The lowest BCUT2D eigenvalue weighted by atomic mass is 10.0. The third-order valence-electron chi connectivity index (χ3n) is 1.99. The zero-order valence-corrected chi connectivity index (χ0v) is 9.36. The van der Waals surface area contributed by atoms with Gasteiger partial charge in [-0.2, -0.15) is 5.10 Å². The molecular weight excluding hydrogens is 208 g/mol. The van der Waals surface area contributed by atoms with Gasteiger partial charge >= 0.3 is 0 Å². The summed E-state index contributed by atoms with van der Waals surface area (Å²) in [5.41, 5.74) is 5.37. The minimum atomic E-state index is -0.561. The normalized spacial score (nSPS) is 12.5. The zero-order chi connectivity index (χ0) is 12.1. The number of nitrogens with two attached hydrogens (primary N) is 1. The van der Waals surface area contributed by atoms with E-state index in [1.165, 1.54) is 12.1 Å². The third kappa shape index (κ3) is 3.82. The molecule has 1 atom stereocenters. The lowest BCUT2D eigenvalue weighted by Crippen LogP contribution is -2.37. The van der Waals surface area contributed by atoms with Crippen LogP contribution in [0.2, 0.25) is 0 Å². The molecule has 16 heavy (non-hydrogen) atoms. The minimum Gasteiger partial charge on any atom is -0.320 e. The summed E-state index contributed by atoms with van der Waals surface area (Å²) in [5, 5.41) is 8.41. The molecular formula is C10H16N4O2. The van der Waals surface area contributed by atoms with Crippen LogP contribution in [-0.4, -0.2) is 22.1 Å². The molecule has 0 aliphatic heterocycles. The van der Waals surface area contributed by atoms with Crippen molar-refractivity contribution in [1.82, 2.24) is 10.2 Å². The van der Waals surface area contributed by atoms with Gasteiger partial charge in [0.05, 0.1) is 6.04 Å². The highest BCUT2D eigenvalue weighted by atomic mass is 16.2. The summed E-state index contributed by atoms with van der Waals surface area (Å²) in [7, 11) is 0. The third-order valence-corrected chi connectivity index (χ3v) is 1.99. The summed E-state index contributed by atoms with van der Waals surface area (Å²) >= 11 is 0. The molecule has 0 saturated heterocycles. The van der Waals surface area contributed by atoms with E-state index in [0.717, 1.165) is 0 Å². The maximum absolute atomic E-state index is 11.6. The molecule has 0 radical (unpaired) electrons. The Kier molecular flexibility index (Phi) is 4.19. The van der Waals surface area contributed by atoms with Crippen LogP contribution < -0.4 is 16.6 Å². The summed E-state index contributed by atoms with van der Waals surface area (Å²) in [6.45, 7) is 3.98. The van der Waals surface area contributed by atoms with Crippen LogP contribution in [0.15, 0.2) is 16.9 Å². The van der Waals surface area contributed by atoms with Gasteiger partial charge in [-0.05, 0) is 18.4 Å². The number of aromatic amines is 1. The lowest BCUT2D eigenvalue weighted by Gasteiger charge is -2.13. The van der Waals surface area contributed by atoms with Crippen LogP contribution in [0.4, 0.5) is 5.82 Å². The molecule has 4 N–H and O–H groups in total. The van der Waals surface area contributed by atoms with Gasteiger partial charge in [-0.3, -0.25) is 9.59 Å². The summed E-state index contributed by atoms with van der Waals surface area (Å²) in [4.78, 5) is 22.3. The first-order valence-corrected chi connectivity index (χ1v) is 5.11. The van der Waals surface area contributed by atoms with E-state index in [4.69, 9.17) is 5.73 Å². The molecule has 0 bridgehead atoms. The predicted octanol–water partition coefficient (Wildman–Crippen LogP) is 0.0818. The first-order valence-electron chi connectivity index (χ1n) is 5.11. The predicted molar refractivity (Wildman–Crippen MR) is 60.9 cm³/mol. The molecule has 0 aliphatic carbocycles. The molecule has 1 rings (SSSR count). The number of hydrogen-bond acceptors (Lipinski definition) is 4. The van der Waals surface area contributed by atoms with Crippen LogP contribution in [0.1, 0.15) is 20.3 Å². The molecule has 0 saturated carbocycles. The van der Waals surface area contributed by atoms with Gasteiger partial charge in [0.1, 0.15) is 0 Å². The molecule has 1 amide bonds. The van der Waals surface area contributed by atoms with E-state index in [1.807, 2.05) is 13.8 Å². The number of nitrogens with one attached hydrogen (secondary N) is 2. The Morgan fingerprint density at radius 2 is 2.25 bits per heavy atom. The monoisotopic (exact) mass is 224 g/mol. The van der Waals surface area contributed by atoms with Crippen molar-refractivity contribution in [3.63, 3.8) is 0 Å². The van der Waals surface area contributed by atoms with Crippen LogP contribution in [-0.2, 0) is 4.79 Å². The van der Waals surface area contributed by atoms with E-state index < -0.39 is 6.04 Å². The molecule has 1 aromatic rings. The standard InChI is InChI=1S/C10H16N4O2/c1-6(2)5-7(11)10(16)12-8-3-4-9(15)14-13-8/h3-4,6-7H,5,11H2,1-2H3,(H,14,15)(H,12,13,16)/t7-/m0/s1. The largest absolute Gasteiger partial charge is 0.320 e. The van der Waals surface area contributed by atoms with E-state index >= 15 is 0 Å². The second kappa shape index (κ2) is 5.41. The molecule has 1 aromatic heterocycles. The second-order valence-electron chi connectivity index (χ2n) is 4.03. The second-order valence-corrected chi connectivity index (χ2v) is 4.03. The molecule has 0 unspecified atom stereocenters. The summed E-state index contributed by atoms with van der Waals surface area (Å²) < 4.78 is 0. The number of carbonyl (C=O) groups excluding carboxylic acids is 1. The van der Waals surface area contributed by atoms with Crippen molar-refractivity contribution in [3.05, 3.63) is 22.5 Å². The quantitative estimate of drug-likeness (QED) is 0.674. The first-order chi connectivity index (χ1) is 7.49. The molecule has 0 aliphatic rings. The fraction of sp³-hybridized carbons (Fsp3) is 0.500. The van der Waals surface area contributed by atoms with Gasteiger partial charge in [-0.1, -0.05) is 13.8 Å². The average molecular weight is 224 g/mol. The molecule has 0 fully saturated rings. The van der Waals surface area contributed by atoms with Gasteiger partial charge < -0.3 is 11.1 Å². The van der Waals surface area contributed by atoms with E-state index in [-0.39, 0.29) is 11.5 Å². The van der Waals surface area contributed by atoms with Crippen LogP contribution in [0, 0.1) is 5.92 Å². The Hall–Kier alpha value is -1.69. The molecule has 6 heteroatoms. The van der Waals surface area contributed by atoms with Gasteiger partial charge in [0.25, 0.3) is 5.56 Å². The van der Waals surface area contributed by atoms with E-state index in [0.29, 0.717) is 18.2 Å². The smallest absolute Gasteiger partial charge is 0.264 e. The maximum atomic E-state index is 11.6. The number of carbonyl (C=O) groups is 1. The van der Waals surface area contributed by atoms with Crippen molar-refractivity contribution in [2.45, 2.75) is 26.3 Å². The highest BCUT2D eigenvalue weighted by molar-refractivity contribution is 5.93. The van der Waals surface area contributed by atoms with E-state index in [2.05, 4.69) is 15.5 Å². The first kappa shape index (κ1) is 12.4. The highest BCUT2D eigenvalue weighted by Crippen LogP contribution is 2.05. The maximum Gasteiger partial charge on any atom is 0.264 e. The van der Waals surface area contributed by atoms with Crippen molar-refractivity contribution in [2.24, 2.45) is 11.7 Å². The summed E-state index contributed by atoms with van der Waals surface area (Å²) in [5.74, 6) is 0.348. The van der Waals surface area contributed by atoms with Gasteiger partial charge in [0.15, 0.2) is 5.82 Å². The van der Waals surface area contributed by atoms with Crippen molar-refractivity contribution >= 4 is 11.7 Å². The summed E-state index contributed by atoms with van der Waals surface area (Å²) in [6, 6.07) is 2.16. The van der Waals surface area contributed by atoms with Crippen LogP contribution in [0.25, 0.3) is 0 Å². The zero-order valence-electron chi connectivity index (χ0n) is 9.36. The van der Waals surface area contributed by atoms with Crippen molar-refractivity contribution < 1.29 is 4.79 Å². The topological polar surface area (TPSA) is 101 Å². The van der Waals surface area contributed by atoms with Crippen LogP contribution in [0.3, 0.4) is 0 Å². The average Bonchev–Trinajstić information content (AvgIpc) is 2.20. The Balaban J connectivity index is 2.57. The highest BCUT2D eigenvalue weighted by Gasteiger charge is 2.15. The molecule has 1 heterocycles. The van der Waals surface area contributed by atoms with Gasteiger partial charge in [0, 0.05) is 6.07 Å². The van der Waals surface area contributed by atoms with Crippen molar-refractivity contribution in [3.8, 4) is 0 Å². The Bertz CT molecular complexity index is 393. The molecule has 88 valence electrons. The van der Waals surface area contributed by atoms with Crippen molar-refractivity contribution in [1.29, 1.82) is 0 Å². The number of rotatable bonds is 4. The van der Waals surface area contributed by atoms with Gasteiger partial charge in [-0.15, -0.1) is 0 Å². The van der Waals surface area contributed by atoms with E-state index in [1.54, 1.807) is 0 Å². The van der Waals surface area contributed by atoms with Gasteiger partial charge in [-0.25, -0.2) is 5.10 Å². The Morgan fingerprint density at radius 3 is 2.75 bits per heavy atom. The fourth-order valence-corrected chi connectivity index (χ4v) is 1.25. The van der Waals surface area contributed by atoms with Gasteiger partial charge in [0.2, 0.25) is 5.91 Å². The Morgan fingerprint density at radius 1 is 1.56 bits per heavy atom. The number of H-pyrrole nitrogens is 1. The fourth-order valence-electron chi connectivity index (χ4n) is 1.25. The number of aromatic nitrogens is 2. The number of nitrogens with zero attached hydrogens (tertiary/aromatic N) is 1. The van der Waals surface area contributed by atoms with Crippen LogP contribution in [0.5, 0.6) is 0 Å².